The summed E-state index contributed by atoms with van der Waals surface area (Å²) in [5, 5.41) is 3.98. The van der Waals surface area contributed by atoms with Crippen molar-refractivity contribution in [1.82, 2.24) is 15.1 Å². The molecule has 0 spiro atoms. The molecule has 0 saturated carbocycles. The van der Waals surface area contributed by atoms with Gasteiger partial charge in [-0.2, -0.15) is 4.98 Å². The summed E-state index contributed by atoms with van der Waals surface area (Å²) in [6.45, 7) is 5.74. The van der Waals surface area contributed by atoms with E-state index in [1.807, 2.05) is 12.1 Å². The summed E-state index contributed by atoms with van der Waals surface area (Å²) in [7, 11) is 0. The number of aromatic nitrogens is 3. The molecule has 2 aromatic rings. The van der Waals surface area contributed by atoms with Crippen LogP contribution in [0.2, 0.25) is 0 Å². The van der Waals surface area contributed by atoms with Crippen LogP contribution in [0.5, 0.6) is 0 Å². The molecule has 1 atom stereocenters. The maximum absolute atomic E-state index is 11.9. The minimum atomic E-state index is -0.379. The standard InChI is InChI=1S/C17H22N4O3/c1-3-23-17(22)14-7-4-8-16(19-14)21-9-5-6-13(11-21)10-15-18-12(2)24-20-15/h4,7-8,13H,3,5-6,9-11H2,1-2H3/t13-/m0/s1. The van der Waals surface area contributed by atoms with Gasteiger partial charge in [-0.3, -0.25) is 0 Å². The van der Waals surface area contributed by atoms with Crippen molar-refractivity contribution >= 4 is 11.8 Å². The van der Waals surface area contributed by atoms with Crippen LogP contribution < -0.4 is 4.90 Å². The fourth-order valence-corrected chi connectivity index (χ4v) is 3.04. The van der Waals surface area contributed by atoms with E-state index in [-0.39, 0.29) is 5.97 Å². The smallest absolute Gasteiger partial charge is 0.356 e. The van der Waals surface area contributed by atoms with E-state index >= 15 is 0 Å². The second-order valence-corrected chi connectivity index (χ2v) is 5.99. The molecule has 0 amide bonds. The molecule has 7 nitrogen and oxygen atoms in total. The normalized spacial score (nSPS) is 17.8. The molecule has 24 heavy (non-hydrogen) atoms. The van der Waals surface area contributed by atoms with E-state index in [1.54, 1.807) is 19.9 Å². The quantitative estimate of drug-likeness (QED) is 0.779. The number of piperidine rings is 1. The van der Waals surface area contributed by atoms with Gasteiger partial charge in [-0.1, -0.05) is 11.2 Å². The number of ether oxygens (including phenoxy) is 1. The van der Waals surface area contributed by atoms with Crippen LogP contribution in [0.4, 0.5) is 5.82 Å². The fourth-order valence-electron chi connectivity index (χ4n) is 3.04. The van der Waals surface area contributed by atoms with Crippen LogP contribution >= 0.6 is 0 Å². The molecule has 1 aliphatic heterocycles. The van der Waals surface area contributed by atoms with Crippen molar-refractivity contribution in [3.05, 3.63) is 35.6 Å². The molecule has 3 rings (SSSR count). The predicted molar refractivity (Wildman–Crippen MR) is 87.9 cm³/mol. The van der Waals surface area contributed by atoms with Crippen molar-refractivity contribution < 1.29 is 14.1 Å². The Morgan fingerprint density at radius 1 is 1.42 bits per heavy atom. The summed E-state index contributed by atoms with van der Waals surface area (Å²) >= 11 is 0. The van der Waals surface area contributed by atoms with Gasteiger partial charge >= 0.3 is 5.97 Å². The van der Waals surface area contributed by atoms with Crippen LogP contribution in [0, 0.1) is 12.8 Å². The lowest BCUT2D eigenvalue weighted by Gasteiger charge is -2.33. The highest BCUT2D eigenvalue weighted by molar-refractivity contribution is 5.87. The Labute approximate surface area is 141 Å². The number of aryl methyl sites for hydroxylation is 1. The van der Waals surface area contributed by atoms with Crippen molar-refractivity contribution in [2.45, 2.75) is 33.1 Å². The SMILES string of the molecule is CCOC(=O)c1cccc(N2CCC[C@@H](Cc3noc(C)n3)C2)n1. The molecule has 0 bridgehead atoms. The molecular formula is C17H22N4O3. The summed E-state index contributed by atoms with van der Waals surface area (Å²) in [6.07, 6.45) is 3.00. The minimum Gasteiger partial charge on any atom is -0.461 e. The maximum Gasteiger partial charge on any atom is 0.356 e. The Morgan fingerprint density at radius 2 is 2.29 bits per heavy atom. The lowest BCUT2D eigenvalue weighted by molar-refractivity contribution is 0.0519. The van der Waals surface area contributed by atoms with E-state index < -0.39 is 0 Å². The molecule has 0 unspecified atom stereocenters. The molecule has 1 fully saturated rings. The average molecular weight is 330 g/mol. The third-order valence-electron chi connectivity index (χ3n) is 4.10. The van der Waals surface area contributed by atoms with Gasteiger partial charge in [0.2, 0.25) is 5.89 Å². The molecule has 0 aromatic carbocycles. The lowest BCUT2D eigenvalue weighted by atomic mass is 9.94. The number of hydrogen-bond acceptors (Lipinski definition) is 7. The van der Waals surface area contributed by atoms with E-state index in [0.717, 1.165) is 44.0 Å². The number of carbonyl (C=O) groups is 1. The van der Waals surface area contributed by atoms with Crippen molar-refractivity contribution in [3.8, 4) is 0 Å². The number of pyridine rings is 1. The maximum atomic E-state index is 11.9. The highest BCUT2D eigenvalue weighted by Crippen LogP contribution is 2.24. The van der Waals surface area contributed by atoms with Crippen molar-refractivity contribution in [2.75, 3.05) is 24.6 Å². The second-order valence-electron chi connectivity index (χ2n) is 5.99. The molecule has 3 heterocycles. The van der Waals surface area contributed by atoms with E-state index in [2.05, 4.69) is 20.0 Å². The van der Waals surface area contributed by atoms with Crippen LogP contribution in [0.15, 0.2) is 22.7 Å². The van der Waals surface area contributed by atoms with Crippen LogP contribution in [0.25, 0.3) is 0 Å². The number of anilines is 1. The van der Waals surface area contributed by atoms with Gasteiger partial charge in [0.15, 0.2) is 11.5 Å². The van der Waals surface area contributed by atoms with Gasteiger partial charge in [0.25, 0.3) is 0 Å². The number of nitrogens with zero attached hydrogens (tertiary/aromatic N) is 4. The van der Waals surface area contributed by atoms with Gasteiger partial charge < -0.3 is 14.2 Å². The van der Waals surface area contributed by atoms with Gasteiger partial charge in [0.1, 0.15) is 5.82 Å². The number of carbonyl (C=O) groups excluding carboxylic acids is 1. The van der Waals surface area contributed by atoms with Gasteiger partial charge in [0.05, 0.1) is 6.61 Å². The van der Waals surface area contributed by atoms with E-state index in [9.17, 15) is 4.79 Å². The Hall–Kier alpha value is -2.44. The molecule has 128 valence electrons. The Kier molecular flexibility index (Phi) is 5.08. The van der Waals surface area contributed by atoms with Gasteiger partial charge in [0, 0.05) is 26.4 Å². The molecular weight excluding hydrogens is 308 g/mol. The minimum absolute atomic E-state index is 0.348. The molecule has 2 aromatic heterocycles. The van der Waals surface area contributed by atoms with E-state index in [0.29, 0.717) is 24.1 Å². The van der Waals surface area contributed by atoms with E-state index in [4.69, 9.17) is 9.26 Å². The van der Waals surface area contributed by atoms with Gasteiger partial charge in [-0.15, -0.1) is 0 Å². The van der Waals surface area contributed by atoms with Crippen LogP contribution in [-0.4, -0.2) is 40.8 Å². The van der Waals surface area contributed by atoms with Gasteiger partial charge in [-0.05, 0) is 37.8 Å². The Balaban J connectivity index is 1.68. The lowest BCUT2D eigenvalue weighted by Crippen LogP contribution is -2.37. The predicted octanol–water partition coefficient (Wildman–Crippen LogP) is 2.41. The number of hydrogen-bond donors (Lipinski definition) is 0. The third-order valence-corrected chi connectivity index (χ3v) is 4.10. The van der Waals surface area contributed by atoms with Crippen molar-refractivity contribution in [3.63, 3.8) is 0 Å². The highest BCUT2D eigenvalue weighted by atomic mass is 16.5. The zero-order valence-corrected chi connectivity index (χ0v) is 14.1. The fraction of sp³-hybridized carbons (Fsp3) is 0.529. The molecule has 7 heteroatoms. The summed E-state index contributed by atoms with van der Waals surface area (Å²) in [5.41, 5.74) is 0.352. The van der Waals surface area contributed by atoms with Crippen LogP contribution in [0.3, 0.4) is 0 Å². The molecule has 0 aliphatic carbocycles. The van der Waals surface area contributed by atoms with Crippen molar-refractivity contribution in [1.29, 1.82) is 0 Å². The second kappa shape index (κ2) is 7.42. The molecule has 1 saturated heterocycles. The monoisotopic (exact) mass is 330 g/mol. The zero-order valence-electron chi connectivity index (χ0n) is 14.1. The molecule has 0 N–H and O–H groups in total. The first-order chi connectivity index (χ1) is 11.7. The van der Waals surface area contributed by atoms with Gasteiger partial charge in [-0.25, -0.2) is 9.78 Å². The summed E-state index contributed by atoms with van der Waals surface area (Å²) in [5.74, 6) is 2.24. The third kappa shape index (κ3) is 3.90. The first-order valence-electron chi connectivity index (χ1n) is 8.34. The average Bonchev–Trinajstić information content (AvgIpc) is 3.00. The first kappa shape index (κ1) is 16.4. The summed E-state index contributed by atoms with van der Waals surface area (Å²) < 4.78 is 10.1. The number of esters is 1. The molecule has 0 radical (unpaired) electrons. The first-order valence-corrected chi connectivity index (χ1v) is 8.34. The summed E-state index contributed by atoms with van der Waals surface area (Å²) in [4.78, 5) is 22.8. The van der Waals surface area contributed by atoms with Crippen LogP contribution in [0.1, 0.15) is 42.0 Å². The largest absolute Gasteiger partial charge is 0.461 e. The Bertz CT molecular complexity index is 701. The summed E-state index contributed by atoms with van der Waals surface area (Å²) in [6, 6.07) is 5.47. The Morgan fingerprint density at radius 3 is 3.04 bits per heavy atom. The van der Waals surface area contributed by atoms with Crippen molar-refractivity contribution in [2.24, 2.45) is 5.92 Å². The topological polar surface area (TPSA) is 81.4 Å². The van der Waals surface area contributed by atoms with E-state index in [1.165, 1.54) is 0 Å². The zero-order chi connectivity index (χ0) is 16.9. The van der Waals surface area contributed by atoms with Crippen LogP contribution in [-0.2, 0) is 11.2 Å². The highest BCUT2D eigenvalue weighted by Gasteiger charge is 2.23. The number of rotatable bonds is 5. The molecule has 1 aliphatic rings.